The zero-order chi connectivity index (χ0) is 19.3. The number of ether oxygens (including phenoxy) is 1. The van der Waals surface area contributed by atoms with E-state index in [1.165, 1.54) is 17.8 Å². The van der Waals surface area contributed by atoms with Crippen LogP contribution in [0.4, 0.5) is 4.39 Å². The first-order valence-electron chi connectivity index (χ1n) is 8.98. The fourth-order valence-corrected chi connectivity index (χ4v) is 3.88. The lowest BCUT2D eigenvalue weighted by Gasteiger charge is -2.26. The van der Waals surface area contributed by atoms with E-state index in [2.05, 4.69) is 10.2 Å². The van der Waals surface area contributed by atoms with E-state index in [4.69, 9.17) is 4.74 Å². The minimum absolute atomic E-state index is 0.0309. The molecule has 2 heterocycles. The quantitative estimate of drug-likeness (QED) is 0.619. The molecule has 1 fully saturated rings. The van der Waals surface area contributed by atoms with Crippen molar-refractivity contribution >= 4 is 17.7 Å². The number of thioether (sulfide) groups is 1. The highest BCUT2D eigenvalue weighted by atomic mass is 32.2. The first-order chi connectivity index (χ1) is 13.7. The first kappa shape index (κ1) is 18.6. The van der Waals surface area contributed by atoms with Crippen molar-refractivity contribution in [3.63, 3.8) is 0 Å². The summed E-state index contributed by atoms with van der Waals surface area (Å²) in [5, 5.41) is 9.01. The molecule has 144 valence electrons. The van der Waals surface area contributed by atoms with E-state index in [0.29, 0.717) is 42.8 Å². The van der Waals surface area contributed by atoms with Crippen LogP contribution >= 0.6 is 11.8 Å². The Labute approximate surface area is 166 Å². The van der Waals surface area contributed by atoms with Gasteiger partial charge in [0.25, 0.3) is 0 Å². The summed E-state index contributed by atoms with van der Waals surface area (Å²) in [6, 6.07) is 16.0. The SMILES string of the molecule is O=C(CSc1nnc(-c2ccccc2F)n1-c1ccccc1)N1CCOCC1. The number of morpholine rings is 1. The largest absolute Gasteiger partial charge is 0.378 e. The van der Waals surface area contributed by atoms with Crippen molar-refractivity contribution in [1.82, 2.24) is 19.7 Å². The van der Waals surface area contributed by atoms with Crippen LogP contribution in [0.1, 0.15) is 0 Å². The van der Waals surface area contributed by atoms with Gasteiger partial charge in [0, 0.05) is 18.8 Å². The normalized spacial score (nSPS) is 14.2. The third-order valence-corrected chi connectivity index (χ3v) is 5.36. The van der Waals surface area contributed by atoms with Gasteiger partial charge in [-0.25, -0.2) is 4.39 Å². The average Bonchev–Trinajstić information content (AvgIpc) is 3.17. The minimum Gasteiger partial charge on any atom is -0.378 e. The number of para-hydroxylation sites is 1. The molecule has 1 amide bonds. The van der Waals surface area contributed by atoms with Gasteiger partial charge in [0.15, 0.2) is 11.0 Å². The van der Waals surface area contributed by atoms with Crippen molar-refractivity contribution in [2.75, 3.05) is 32.1 Å². The second-order valence-electron chi connectivity index (χ2n) is 6.24. The molecule has 1 aliphatic rings. The molecule has 0 unspecified atom stereocenters. The van der Waals surface area contributed by atoms with Crippen LogP contribution in [0.3, 0.4) is 0 Å². The average molecular weight is 398 g/mol. The van der Waals surface area contributed by atoms with Crippen LogP contribution in [0.15, 0.2) is 59.8 Å². The second kappa shape index (κ2) is 8.53. The number of halogens is 1. The van der Waals surface area contributed by atoms with Crippen LogP contribution in [0, 0.1) is 5.82 Å². The van der Waals surface area contributed by atoms with Gasteiger partial charge in [-0.2, -0.15) is 0 Å². The molecule has 0 atom stereocenters. The van der Waals surface area contributed by atoms with E-state index >= 15 is 0 Å². The summed E-state index contributed by atoms with van der Waals surface area (Å²) in [4.78, 5) is 14.3. The molecule has 0 saturated carbocycles. The molecular formula is C20H19FN4O2S. The lowest BCUT2D eigenvalue weighted by Crippen LogP contribution is -2.41. The summed E-state index contributed by atoms with van der Waals surface area (Å²) in [5.74, 6) is 0.310. The lowest BCUT2D eigenvalue weighted by atomic mass is 10.2. The third kappa shape index (κ3) is 3.93. The van der Waals surface area contributed by atoms with Crippen LogP contribution < -0.4 is 0 Å². The zero-order valence-electron chi connectivity index (χ0n) is 15.1. The molecule has 28 heavy (non-hydrogen) atoms. The highest BCUT2D eigenvalue weighted by Crippen LogP contribution is 2.29. The van der Waals surface area contributed by atoms with Gasteiger partial charge in [-0.05, 0) is 24.3 Å². The third-order valence-electron chi connectivity index (χ3n) is 4.45. The monoisotopic (exact) mass is 398 g/mol. The standard InChI is InChI=1S/C20H19FN4O2S/c21-17-9-5-4-8-16(17)19-22-23-20(25(19)15-6-2-1-3-7-15)28-14-18(26)24-10-12-27-13-11-24/h1-9H,10-14H2. The Morgan fingerprint density at radius 3 is 2.50 bits per heavy atom. The van der Waals surface area contributed by atoms with Crippen molar-refractivity contribution in [1.29, 1.82) is 0 Å². The minimum atomic E-state index is -0.368. The van der Waals surface area contributed by atoms with Crippen molar-refractivity contribution in [2.24, 2.45) is 0 Å². The van der Waals surface area contributed by atoms with Gasteiger partial charge >= 0.3 is 0 Å². The van der Waals surface area contributed by atoms with Crippen molar-refractivity contribution < 1.29 is 13.9 Å². The number of amides is 1. The maximum Gasteiger partial charge on any atom is 0.233 e. The number of nitrogens with zero attached hydrogens (tertiary/aromatic N) is 4. The fraction of sp³-hybridized carbons (Fsp3) is 0.250. The summed E-state index contributed by atoms with van der Waals surface area (Å²) in [6.07, 6.45) is 0. The molecule has 0 radical (unpaired) electrons. The molecular weight excluding hydrogens is 379 g/mol. The number of carbonyl (C=O) groups is 1. The summed E-state index contributed by atoms with van der Waals surface area (Å²) in [5.41, 5.74) is 1.18. The Kier molecular flexibility index (Phi) is 5.68. The lowest BCUT2D eigenvalue weighted by molar-refractivity contribution is -0.132. The van der Waals surface area contributed by atoms with Gasteiger partial charge in [-0.3, -0.25) is 9.36 Å². The van der Waals surface area contributed by atoms with Gasteiger partial charge in [0.2, 0.25) is 5.91 Å². The van der Waals surface area contributed by atoms with Crippen LogP contribution in [0.2, 0.25) is 0 Å². The van der Waals surface area contributed by atoms with Gasteiger partial charge in [-0.15, -0.1) is 10.2 Å². The Morgan fingerprint density at radius 1 is 1.04 bits per heavy atom. The van der Waals surface area contributed by atoms with Gasteiger partial charge in [0.05, 0.1) is 24.5 Å². The van der Waals surface area contributed by atoms with E-state index in [1.54, 1.807) is 27.7 Å². The second-order valence-corrected chi connectivity index (χ2v) is 7.18. The summed E-state index contributed by atoms with van der Waals surface area (Å²) < 4.78 is 21.5. The number of hydrogen-bond acceptors (Lipinski definition) is 5. The van der Waals surface area contributed by atoms with Crippen LogP contribution in [0.25, 0.3) is 17.1 Å². The molecule has 2 aromatic carbocycles. The molecule has 1 saturated heterocycles. The summed E-state index contributed by atoms with van der Waals surface area (Å²) >= 11 is 1.30. The maximum atomic E-state index is 14.4. The number of carbonyl (C=O) groups excluding carboxylic acids is 1. The zero-order valence-corrected chi connectivity index (χ0v) is 15.9. The highest BCUT2D eigenvalue weighted by Gasteiger charge is 2.21. The molecule has 4 rings (SSSR count). The molecule has 8 heteroatoms. The van der Waals surface area contributed by atoms with E-state index in [1.807, 2.05) is 30.3 Å². The Balaban J connectivity index is 1.64. The van der Waals surface area contributed by atoms with Crippen molar-refractivity contribution in [3.8, 4) is 17.1 Å². The molecule has 1 aliphatic heterocycles. The van der Waals surface area contributed by atoms with Crippen LogP contribution in [0.5, 0.6) is 0 Å². The fourth-order valence-electron chi connectivity index (χ4n) is 3.02. The summed E-state index contributed by atoms with van der Waals surface area (Å²) in [6.45, 7) is 2.33. The van der Waals surface area contributed by atoms with Gasteiger partial charge < -0.3 is 9.64 Å². The van der Waals surface area contributed by atoms with Crippen molar-refractivity contribution in [2.45, 2.75) is 5.16 Å². The molecule has 0 bridgehead atoms. The smallest absolute Gasteiger partial charge is 0.233 e. The molecule has 0 aliphatic carbocycles. The van der Waals surface area contributed by atoms with E-state index in [-0.39, 0.29) is 17.5 Å². The number of aromatic nitrogens is 3. The van der Waals surface area contributed by atoms with E-state index in [0.717, 1.165) is 5.69 Å². The van der Waals surface area contributed by atoms with Crippen LogP contribution in [-0.2, 0) is 9.53 Å². The van der Waals surface area contributed by atoms with Gasteiger partial charge in [0.1, 0.15) is 5.82 Å². The molecule has 6 nitrogen and oxygen atoms in total. The Hall–Kier alpha value is -2.71. The molecule has 0 spiro atoms. The Morgan fingerprint density at radius 2 is 1.75 bits per heavy atom. The van der Waals surface area contributed by atoms with Crippen molar-refractivity contribution in [3.05, 3.63) is 60.4 Å². The number of benzene rings is 2. The van der Waals surface area contributed by atoms with Gasteiger partial charge in [-0.1, -0.05) is 42.1 Å². The number of hydrogen-bond donors (Lipinski definition) is 0. The summed E-state index contributed by atoms with van der Waals surface area (Å²) in [7, 11) is 0. The molecule has 3 aromatic rings. The predicted octanol–water partition coefficient (Wildman–Crippen LogP) is 3.02. The van der Waals surface area contributed by atoms with E-state index in [9.17, 15) is 9.18 Å². The highest BCUT2D eigenvalue weighted by molar-refractivity contribution is 7.99. The Bertz CT molecular complexity index is 958. The van der Waals surface area contributed by atoms with E-state index < -0.39 is 0 Å². The number of rotatable bonds is 5. The predicted molar refractivity (Wildman–Crippen MR) is 105 cm³/mol. The van der Waals surface area contributed by atoms with Crippen LogP contribution in [-0.4, -0.2) is 57.6 Å². The first-order valence-corrected chi connectivity index (χ1v) is 9.96. The maximum absolute atomic E-state index is 14.4. The molecule has 1 aromatic heterocycles. The topological polar surface area (TPSA) is 60.2 Å². The molecule has 0 N–H and O–H groups in total.